The van der Waals surface area contributed by atoms with Gasteiger partial charge in [0.2, 0.25) is 5.91 Å². The number of likely N-dealkylation sites (tertiary alicyclic amines) is 1. The van der Waals surface area contributed by atoms with Gasteiger partial charge in [-0.2, -0.15) is 18.4 Å². The Morgan fingerprint density at radius 3 is 2.53 bits per heavy atom. The Labute approximate surface area is 298 Å². The summed E-state index contributed by atoms with van der Waals surface area (Å²) in [7, 11) is 0. The highest BCUT2D eigenvalue weighted by atomic mass is 32.1. The van der Waals surface area contributed by atoms with E-state index < -0.39 is 12.6 Å². The van der Waals surface area contributed by atoms with E-state index in [9.17, 15) is 23.2 Å². The molecule has 4 aliphatic rings. The molecule has 0 spiro atoms. The quantitative estimate of drug-likeness (QED) is 0.153. The average molecular weight is 712 g/mol. The van der Waals surface area contributed by atoms with Gasteiger partial charge in [-0.05, 0) is 86.3 Å². The number of alkyl halides is 3. The zero-order chi connectivity index (χ0) is 35.5. The van der Waals surface area contributed by atoms with Crippen molar-refractivity contribution in [3.8, 4) is 6.07 Å². The van der Waals surface area contributed by atoms with Crippen molar-refractivity contribution in [2.45, 2.75) is 89.1 Å². The molecule has 0 radical (unpaired) electrons. The van der Waals surface area contributed by atoms with Gasteiger partial charge in [0.25, 0.3) is 0 Å². The van der Waals surface area contributed by atoms with Crippen molar-refractivity contribution in [3.05, 3.63) is 88.2 Å². The molecule has 12 heteroatoms. The van der Waals surface area contributed by atoms with Gasteiger partial charge in [-0.3, -0.25) is 9.69 Å². The molecule has 9 rings (SSSR count). The van der Waals surface area contributed by atoms with E-state index in [-0.39, 0.29) is 33.7 Å². The van der Waals surface area contributed by atoms with Crippen LogP contribution in [0.4, 0.5) is 19.0 Å². The van der Waals surface area contributed by atoms with Crippen molar-refractivity contribution in [2.75, 3.05) is 18.4 Å². The molecule has 1 aliphatic heterocycles. The number of nitrogens with zero attached hydrogens (tertiary/aromatic N) is 5. The van der Waals surface area contributed by atoms with E-state index in [0.29, 0.717) is 21.7 Å². The molecule has 4 heterocycles. The molecule has 1 atom stereocenters. The van der Waals surface area contributed by atoms with E-state index in [1.807, 2.05) is 43.3 Å². The monoisotopic (exact) mass is 711 g/mol. The average Bonchev–Trinajstić information content (AvgIpc) is 3.65. The number of piperidine rings is 1. The van der Waals surface area contributed by atoms with Gasteiger partial charge < -0.3 is 15.2 Å². The van der Waals surface area contributed by atoms with Gasteiger partial charge in [0, 0.05) is 53.5 Å². The van der Waals surface area contributed by atoms with Crippen LogP contribution in [0.3, 0.4) is 0 Å². The molecule has 3 aliphatic carbocycles. The van der Waals surface area contributed by atoms with E-state index in [2.05, 4.69) is 55.2 Å². The second-order valence-corrected chi connectivity index (χ2v) is 16.2. The maximum Gasteiger partial charge on any atom is 0.393 e. The first-order valence-electron chi connectivity index (χ1n) is 17.6. The van der Waals surface area contributed by atoms with Crippen LogP contribution in [0.15, 0.2) is 60.9 Å². The molecule has 1 amide bonds. The fourth-order valence-electron chi connectivity index (χ4n) is 8.83. The number of thiophene rings is 1. The Hall–Kier alpha value is -4.47. The van der Waals surface area contributed by atoms with Gasteiger partial charge in [0.05, 0.1) is 17.7 Å². The number of nitriles is 1. The Kier molecular flexibility index (Phi) is 8.34. The third-order valence-corrected chi connectivity index (χ3v) is 12.4. The lowest BCUT2D eigenvalue weighted by Gasteiger charge is -2.71. The SMILES string of the molecule is Cc1c(CN2CCC(Nc3ncnc4sc(CC(F)(F)F)cc34)CC2)ccc2c1cc(C#N)n2CC12CC(NC(=O)C(C)c3ccccc3)(C1)C2. The molecule has 51 heavy (non-hydrogen) atoms. The number of carbonyl (C=O) groups excluding carboxylic acids is 1. The van der Waals surface area contributed by atoms with Crippen LogP contribution in [0.1, 0.15) is 72.2 Å². The Bertz CT molecular complexity index is 2140. The van der Waals surface area contributed by atoms with E-state index in [1.54, 1.807) is 6.07 Å². The lowest BCUT2D eigenvalue weighted by molar-refractivity contribution is -0.172. The van der Waals surface area contributed by atoms with Gasteiger partial charge >= 0.3 is 6.18 Å². The molecule has 8 nitrogen and oxygen atoms in total. The second kappa shape index (κ2) is 12.6. The second-order valence-electron chi connectivity index (χ2n) is 15.1. The van der Waals surface area contributed by atoms with Gasteiger partial charge in [-0.15, -0.1) is 11.3 Å². The van der Waals surface area contributed by atoms with Gasteiger partial charge in [-0.1, -0.05) is 36.4 Å². The number of halogens is 3. The Balaban J connectivity index is 0.884. The number of amides is 1. The van der Waals surface area contributed by atoms with Crippen LogP contribution in [-0.2, 0) is 24.3 Å². The minimum absolute atomic E-state index is 0.0780. The fourth-order valence-corrected chi connectivity index (χ4v) is 9.85. The van der Waals surface area contributed by atoms with Crippen LogP contribution in [0, 0.1) is 23.7 Å². The number of carbonyl (C=O) groups is 1. The summed E-state index contributed by atoms with van der Waals surface area (Å²) < 4.78 is 41.1. The minimum atomic E-state index is -4.26. The van der Waals surface area contributed by atoms with Crippen LogP contribution >= 0.6 is 11.3 Å². The summed E-state index contributed by atoms with van der Waals surface area (Å²) in [6.45, 7) is 7.44. The van der Waals surface area contributed by atoms with Crippen LogP contribution in [0.2, 0.25) is 0 Å². The highest BCUT2D eigenvalue weighted by Gasteiger charge is 2.68. The summed E-state index contributed by atoms with van der Waals surface area (Å²) in [4.78, 5) is 24.9. The van der Waals surface area contributed by atoms with Gasteiger partial charge in [0.1, 0.15) is 28.7 Å². The normalized spacial score (nSPS) is 22.7. The summed E-state index contributed by atoms with van der Waals surface area (Å²) >= 11 is 1.07. The van der Waals surface area contributed by atoms with Crippen molar-refractivity contribution in [3.63, 3.8) is 0 Å². The standard InChI is InChI=1S/C39H40F3N7OS/c1-24-27(18-48-12-10-28(11-13-48)46-34-32-15-30(16-39(40,41)42)51-36(32)45-23-44-34)8-9-33-31(24)14-29(17-43)49(33)22-37-19-38(20-37,21-37)47-35(50)25(2)26-6-4-3-5-7-26/h3-9,14-15,23,25,28H,10-13,16,18-22H2,1-2H3,(H,47,50)(H,44,45,46). The van der Waals surface area contributed by atoms with Crippen LogP contribution < -0.4 is 10.6 Å². The Morgan fingerprint density at radius 1 is 1.08 bits per heavy atom. The van der Waals surface area contributed by atoms with E-state index in [1.165, 1.54) is 17.5 Å². The summed E-state index contributed by atoms with van der Waals surface area (Å²) in [5.41, 5.74) is 5.20. The third-order valence-electron chi connectivity index (χ3n) is 11.4. The van der Waals surface area contributed by atoms with Crippen molar-refractivity contribution in [1.82, 2.24) is 24.8 Å². The minimum Gasteiger partial charge on any atom is -0.367 e. The lowest BCUT2D eigenvalue weighted by atomic mass is 9.39. The molecule has 2 bridgehead atoms. The summed E-state index contributed by atoms with van der Waals surface area (Å²) in [6, 6.07) is 20.4. The highest BCUT2D eigenvalue weighted by Crippen LogP contribution is 2.68. The molecular formula is C39H40F3N7OS. The number of anilines is 1. The third kappa shape index (κ3) is 6.46. The summed E-state index contributed by atoms with van der Waals surface area (Å²) in [5.74, 6) is 0.482. The topological polar surface area (TPSA) is 98.9 Å². The zero-order valence-electron chi connectivity index (χ0n) is 28.7. The smallest absolute Gasteiger partial charge is 0.367 e. The van der Waals surface area contributed by atoms with Crippen LogP contribution in [0.5, 0.6) is 0 Å². The van der Waals surface area contributed by atoms with Crippen molar-refractivity contribution in [1.29, 1.82) is 5.26 Å². The van der Waals surface area contributed by atoms with Gasteiger partial charge in [0.15, 0.2) is 0 Å². The molecule has 2 N–H and O–H groups in total. The summed E-state index contributed by atoms with van der Waals surface area (Å²) in [5, 5.41) is 18.7. The number of hydrogen-bond donors (Lipinski definition) is 2. The molecular weight excluding hydrogens is 672 g/mol. The summed E-state index contributed by atoms with van der Waals surface area (Å²) in [6.07, 6.45) is 0.778. The number of fused-ring (bicyclic) bond motifs is 2. The maximum atomic E-state index is 13.1. The number of benzene rings is 2. The van der Waals surface area contributed by atoms with E-state index in [4.69, 9.17) is 0 Å². The van der Waals surface area contributed by atoms with E-state index in [0.717, 1.165) is 86.1 Å². The van der Waals surface area contributed by atoms with Crippen LogP contribution in [-0.4, -0.2) is 56.2 Å². The number of nitrogens with one attached hydrogen (secondary N) is 2. The Morgan fingerprint density at radius 2 is 1.82 bits per heavy atom. The molecule has 2 aromatic carbocycles. The maximum absolute atomic E-state index is 13.1. The fraction of sp³-hybridized carbons (Fsp3) is 0.436. The number of aromatic nitrogens is 3. The molecule has 264 valence electrons. The van der Waals surface area contributed by atoms with E-state index >= 15 is 0 Å². The first-order valence-corrected chi connectivity index (χ1v) is 18.4. The zero-order valence-corrected chi connectivity index (χ0v) is 29.5. The first kappa shape index (κ1) is 33.7. The van der Waals surface area contributed by atoms with Crippen molar-refractivity contribution in [2.24, 2.45) is 5.41 Å². The molecule has 1 saturated heterocycles. The predicted octanol–water partition coefficient (Wildman–Crippen LogP) is 7.85. The molecule has 1 unspecified atom stereocenters. The first-order chi connectivity index (χ1) is 24.4. The number of aryl methyl sites for hydroxylation is 1. The number of hydrogen-bond acceptors (Lipinski definition) is 7. The highest BCUT2D eigenvalue weighted by molar-refractivity contribution is 7.18. The molecule has 3 saturated carbocycles. The predicted molar refractivity (Wildman–Crippen MR) is 193 cm³/mol. The van der Waals surface area contributed by atoms with Crippen molar-refractivity contribution < 1.29 is 18.0 Å². The van der Waals surface area contributed by atoms with Crippen molar-refractivity contribution >= 4 is 44.2 Å². The molecule has 4 fully saturated rings. The lowest BCUT2D eigenvalue weighted by Crippen LogP contribution is -2.75. The molecule has 5 aromatic rings. The molecule has 3 aromatic heterocycles. The van der Waals surface area contributed by atoms with Crippen LogP contribution in [0.25, 0.3) is 21.1 Å². The number of rotatable bonds is 10. The largest absolute Gasteiger partial charge is 0.393 e. The van der Waals surface area contributed by atoms with Gasteiger partial charge in [-0.25, -0.2) is 9.97 Å².